The van der Waals surface area contributed by atoms with Gasteiger partial charge in [-0.05, 0) is 39.7 Å². The van der Waals surface area contributed by atoms with Gasteiger partial charge in [0.25, 0.3) is 5.91 Å². The maximum Gasteiger partial charge on any atom is 0.354 e. The molecule has 3 N–H and O–H groups in total. The molecular weight excluding hydrogens is 398 g/mol. The van der Waals surface area contributed by atoms with E-state index in [1.54, 1.807) is 22.8 Å². The minimum Gasteiger partial charge on any atom is -0.464 e. The Morgan fingerprint density at radius 1 is 1.33 bits per heavy atom. The van der Waals surface area contributed by atoms with Crippen molar-refractivity contribution in [3.05, 3.63) is 56.8 Å². The summed E-state index contributed by atoms with van der Waals surface area (Å²) in [7, 11) is 1.29. The molecule has 1 aromatic heterocycles. The fraction of sp³-hybridized carbons (Fsp3) is 0.250. The van der Waals surface area contributed by atoms with Gasteiger partial charge in [0.1, 0.15) is 11.4 Å². The van der Waals surface area contributed by atoms with E-state index in [0.717, 1.165) is 5.56 Å². The Bertz CT molecular complexity index is 744. The standard InChI is InChI=1S/C16H17BrClN3O3/c1-24-16(23)13-8-12(17)14(21(13)7-6-19)15(22)20-9-10-2-4-11(18)5-3-10/h2-5,8H,6-7,9,19H2,1H3,(H,20,22). The quantitative estimate of drug-likeness (QED) is 0.711. The van der Waals surface area contributed by atoms with Crippen molar-refractivity contribution in [3.63, 3.8) is 0 Å². The second-order valence-electron chi connectivity index (χ2n) is 4.97. The van der Waals surface area contributed by atoms with Crippen LogP contribution >= 0.6 is 27.5 Å². The zero-order valence-electron chi connectivity index (χ0n) is 13.0. The fourth-order valence-electron chi connectivity index (χ4n) is 2.25. The molecule has 0 aliphatic carbocycles. The summed E-state index contributed by atoms with van der Waals surface area (Å²) in [6, 6.07) is 8.72. The molecule has 0 unspecified atom stereocenters. The van der Waals surface area contributed by atoms with Crippen LogP contribution in [0.15, 0.2) is 34.8 Å². The lowest BCUT2D eigenvalue weighted by atomic mass is 10.2. The number of benzene rings is 1. The number of carbonyl (C=O) groups is 2. The lowest BCUT2D eigenvalue weighted by Gasteiger charge is -2.12. The van der Waals surface area contributed by atoms with Gasteiger partial charge in [-0.2, -0.15) is 0 Å². The zero-order chi connectivity index (χ0) is 17.7. The summed E-state index contributed by atoms with van der Waals surface area (Å²) >= 11 is 9.16. The number of nitrogens with two attached hydrogens (primary N) is 1. The van der Waals surface area contributed by atoms with E-state index < -0.39 is 5.97 Å². The van der Waals surface area contributed by atoms with Gasteiger partial charge in [0.05, 0.1) is 7.11 Å². The molecule has 0 atom stereocenters. The number of carbonyl (C=O) groups excluding carboxylic acids is 2. The van der Waals surface area contributed by atoms with Crippen molar-refractivity contribution in [2.24, 2.45) is 5.73 Å². The molecule has 1 aromatic carbocycles. The number of ether oxygens (including phenoxy) is 1. The Labute approximate surface area is 153 Å². The van der Waals surface area contributed by atoms with Crippen molar-refractivity contribution in [1.29, 1.82) is 0 Å². The monoisotopic (exact) mass is 413 g/mol. The second-order valence-corrected chi connectivity index (χ2v) is 6.26. The van der Waals surface area contributed by atoms with Crippen molar-refractivity contribution in [2.75, 3.05) is 13.7 Å². The van der Waals surface area contributed by atoms with Gasteiger partial charge < -0.3 is 20.4 Å². The summed E-state index contributed by atoms with van der Waals surface area (Å²) in [5.41, 5.74) is 7.11. The van der Waals surface area contributed by atoms with Crippen LogP contribution in [0.2, 0.25) is 5.02 Å². The van der Waals surface area contributed by atoms with Crippen molar-refractivity contribution >= 4 is 39.4 Å². The molecule has 0 bridgehead atoms. The maximum atomic E-state index is 12.5. The SMILES string of the molecule is COC(=O)c1cc(Br)c(C(=O)NCc2ccc(Cl)cc2)n1CCN. The molecule has 0 aliphatic heterocycles. The Kier molecular flexibility index (Phi) is 6.42. The van der Waals surface area contributed by atoms with Crippen LogP contribution in [0.4, 0.5) is 0 Å². The normalized spacial score (nSPS) is 10.5. The average Bonchev–Trinajstić information content (AvgIpc) is 2.90. The topological polar surface area (TPSA) is 86.4 Å². The van der Waals surface area contributed by atoms with Crippen LogP contribution in [0.25, 0.3) is 0 Å². The number of nitrogens with zero attached hydrogens (tertiary/aromatic N) is 1. The van der Waals surface area contributed by atoms with Crippen LogP contribution in [0, 0.1) is 0 Å². The Morgan fingerprint density at radius 3 is 2.58 bits per heavy atom. The van der Waals surface area contributed by atoms with E-state index >= 15 is 0 Å². The molecular formula is C16H17BrClN3O3. The molecule has 128 valence electrons. The lowest BCUT2D eigenvalue weighted by molar-refractivity contribution is 0.0588. The van der Waals surface area contributed by atoms with Gasteiger partial charge in [0.15, 0.2) is 0 Å². The lowest BCUT2D eigenvalue weighted by Crippen LogP contribution is -2.28. The molecule has 0 saturated heterocycles. The second kappa shape index (κ2) is 8.32. The first-order chi connectivity index (χ1) is 11.5. The molecule has 0 spiro atoms. The number of hydrogen-bond donors (Lipinski definition) is 2. The number of amides is 1. The number of rotatable bonds is 6. The van der Waals surface area contributed by atoms with Crippen LogP contribution in [0.1, 0.15) is 26.5 Å². The number of aromatic nitrogens is 1. The number of esters is 1. The first-order valence-electron chi connectivity index (χ1n) is 7.18. The van der Waals surface area contributed by atoms with Crippen LogP contribution in [-0.4, -0.2) is 30.1 Å². The van der Waals surface area contributed by atoms with Crippen LogP contribution < -0.4 is 11.1 Å². The Balaban J connectivity index is 2.22. The molecule has 6 nitrogen and oxygen atoms in total. The van der Waals surface area contributed by atoms with Gasteiger partial charge in [-0.15, -0.1) is 0 Å². The molecule has 24 heavy (non-hydrogen) atoms. The molecule has 2 rings (SSSR count). The number of halogens is 2. The summed E-state index contributed by atoms with van der Waals surface area (Å²) in [6.07, 6.45) is 0. The van der Waals surface area contributed by atoms with Gasteiger partial charge in [-0.25, -0.2) is 4.79 Å². The van der Waals surface area contributed by atoms with E-state index in [2.05, 4.69) is 21.2 Å². The molecule has 1 amide bonds. The molecule has 0 fully saturated rings. The van der Waals surface area contributed by atoms with E-state index in [0.29, 0.717) is 28.3 Å². The zero-order valence-corrected chi connectivity index (χ0v) is 15.4. The van der Waals surface area contributed by atoms with Crippen LogP contribution in [-0.2, 0) is 17.8 Å². The molecule has 0 radical (unpaired) electrons. The third-order valence-electron chi connectivity index (χ3n) is 3.38. The molecule has 8 heteroatoms. The summed E-state index contributed by atoms with van der Waals surface area (Å²) in [6.45, 7) is 0.937. The largest absolute Gasteiger partial charge is 0.464 e. The van der Waals surface area contributed by atoms with Gasteiger partial charge >= 0.3 is 5.97 Å². The molecule has 2 aromatic rings. The maximum absolute atomic E-state index is 12.5. The third-order valence-corrected chi connectivity index (χ3v) is 4.24. The summed E-state index contributed by atoms with van der Waals surface area (Å²) < 4.78 is 6.80. The summed E-state index contributed by atoms with van der Waals surface area (Å²) in [5, 5.41) is 3.45. The first kappa shape index (κ1) is 18.5. The molecule has 0 aliphatic rings. The number of nitrogens with one attached hydrogen (secondary N) is 1. The number of methoxy groups -OCH3 is 1. The van der Waals surface area contributed by atoms with Gasteiger partial charge in [0, 0.05) is 29.1 Å². The minimum absolute atomic E-state index is 0.270. The van der Waals surface area contributed by atoms with Crippen LogP contribution in [0.3, 0.4) is 0 Å². The van der Waals surface area contributed by atoms with E-state index in [1.165, 1.54) is 7.11 Å². The highest BCUT2D eigenvalue weighted by molar-refractivity contribution is 9.10. The van der Waals surface area contributed by atoms with Crippen molar-refractivity contribution < 1.29 is 14.3 Å². The highest BCUT2D eigenvalue weighted by Crippen LogP contribution is 2.23. The van der Waals surface area contributed by atoms with E-state index in [4.69, 9.17) is 22.1 Å². The summed E-state index contributed by atoms with van der Waals surface area (Å²) in [5.74, 6) is -0.846. The average molecular weight is 415 g/mol. The fourth-order valence-corrected chi connectivity index (χ4v) is 2.99. The van der Waals surface area contributed by atoms with E-state index in [9.17, 15) is 9.59 Å². The van der Waals surface area contributed by atoms with Crippen molar-refractivity contribution in [3.8, 4) is 0 Å². The van der Waals surface area contributed by atoms with E-state index in [1.807, 2.05) is 12.1 Å². The Morgan fingerprint density at radius 2 is 2.00 bits per heavy atom. The predicted molar refractivity (Wildman–Crippen MR) is 95.1 cm³/mol. The molecule has 1 heterocycles. The predicted octanol–water partition coefficient (Wildman–Crippen LogP) is 2.58. The minimum atomic E-state index is -0.527. The van der Waals surface area contributed by atoms with E-state index in [-0.39, 0.29) is 18.1 Å². The third kappa shape index (κ3) is 4.17. The highest BCUT2D eigenvalue weighted by atomic mass is 79.9. The Hall–Kier alpha value is -1.83. The first-order valence-corrected chi connectivity index (χ1v) is 8.35. The van der Waals surface area contributed by atoms with Gasteiger partial charge in [0.2, 0.25) is 0 Å². The molecule has 0 saturated carbocycles. The highest BCUT2D eigenvalue weighted by Gasteiger charge is 2.23. The number of hydrogen-bond acceptors (Lipinski definition) is 4. The van der Waals surface area contributed by atoms with Gasteiger partial charge in [-0.1, -0.05) is 23.7 Å². The van der Waals surface area contributed by atoms with Gasteiger partial charge in [-0.3, -0.25) is 4.79 Å². The van der Waals surface area contributed by atoms with Crippen LogP contribution in [0.5, 0.6) is 0 Å². The smallest absolute Gasteiger partial charge is 0.354 e. The van der Waals surface area contributed by atoms with Crippen molar-refractivity contribution in [2.45, 2.75) is 13.1 Å². The summed E-state index contributed by atoms with van der Waals surface area (Å²) in [4.78, 5) is 24.4. The van der Waals surface area contributed by atoms with Crippen molar-refractivity contribution in [1.82, 2.24) is 9.88 Å².